The third-order valence-corrected chi connectivity index (χ3v) is 12.4. The quantitative estimate of drug-likeness (QED) is 0.0888. The molecule has 14 nitrogen and oxygen atoms in total. The lowest BCUT2D eigenvalue weighted by molar-refractivity contribution is -0.136. The number of aryl methyl sites for hydroxylation is 2. The van der Waals surface area contributed by atoms with E-state index >= 15 is 0 Å². The Balaban J connectivity index is 0.898. The average Bonchev–Trinajstić information content (AvgIpc) is 3.64. The number of unbranched alkanes of at least 4 members (excludes halogenated alkanes) is 1. The number of hydrogen-bond acceptors (Lipinski definition) is 11. The number of halogens is 1. The van der Waals surface area contributed by atoms with Gasteiger partial charge in [0.1, 0.15) is 22.6 Å². The number of rotatable bonds is 13. The highest BCUT2D eigenvalue weighted by Crippen LogP contribution is 2.40. The normalized spacial score (nSPS) is 18.9. The third-order valence-electron chi connectivity index (χ3n) is 10.9. The molecule has 3 N–H and O–H groups in total. The minimum absolute atomic E-state index is 0.0635. The number of nitrogens with zero attached hydrogens (tertiary/aromatic N) is 4. The Kier molecular flexibility index (Phi) is 12.3. The molecule has 16 heteroatoms. The zero-order chi connectivity index (χ0) is 41.1. The predicted molar refractivity (Wildman–Crippen MR) is 217 cm³/mol. The molecule has 1 fully saturated rings. The van der Waals surface area contributed by atoms with Gasteiger partial charge in [-0.3, -0.25) is 43.6 Å². The third kappa shape index (κ3) is 8.65. The van der Waals surface area contributed by atoms with Gasteiger partial charge in [0.05, 0.1) is 17.7 Å². The molecule has 0 saturated carbocycles. The molecule has 2 unspecified atom stereocenters. The van der Waals surface area contributed by atoms with Crippen LogP contribution in [0.5, 0.6) is 5.75 Å². The Morgan fingerprint density at radius 1 is 0.914 bits per heavy atom. The SMILES string of the molecule is Cc1sc2c(c1C)C(c1ccc(Cl)cc1)=N[C@@H](CC(=O)NCCCCNC(=O)COc1cccc3c1C(=O)CCC(CC1CCC(=O)NC1=O)C3=O)c1nnc(C)n1-2. The van der Waals surface area contributed by atoms with Gasteiger partial charge in [-0.25, -0.2) is 0 Å². The standard InChI is InChI=1S/C42H44ClN7O7S/c1-22-23(2)58-42-36(22)38(25-9-13-28(43)14-10-25)46-30(40-49-48-24(3)50(40)42)20-34(53)44-17-4-5-18-45-35(54)21-57-32-8-6-7-29-37(32)31(51)15-11-26(39(29)55)19-27-12-16-33(52)47-41(27)56/h6-10,13-14,26-27,30H,4-5,11-12,15-21H2,1-3H3,(H,44,53)(H,45,54)(H,47,52,56)/t26?,27?,30-/m0/s1. The molecular weight excluding hydrogens is 782 g/mol. The summed E-state index contributed by atoms with van der Waals surface area (Å²) in [6.45, 7) is 6.41. The van der Waals surface area contributed by atoms with Gasteiger partial charge in [0, 0.05) is 64.4 Å². The second-order valence-corrected chi connectivity index (χ2v) is 16.5. The van der Waals surface area contributed by atoms with Crippen LogP contribution in [0.2, 0.25) is 5.02 Å². The van der Waals surface area contributed by atoms with Gasteiger partial charge in [0.25, 0.3) is 5.91 Å². The second kappa shape index (κ2) is 17.5. The highest BCUT2D eigenvalue weighted by atomic mass is 35.5. The molecule has 58 heavy (non-hydrogen) atoms. The van der Waals surface area contributed by atoms with Crippen LogP contribution in [-0.4, -0.2) is 75.4 Å². The highest BCUT2D eigenvalue weighted by Gasteiger charge is 2.37. The van der Waals surface area contributed by atoms with Crippen LogP contribution >= 0.6 is 22.9 Å². The van der Waals surface area contributed by atoms with Gasteiger partial charge in [-0.05, 0) is 76.6 Å². The number of nitrogens with one attached hydrogen (secondary N) is 3. The molecule has 4 heterocycles. The number of carbonyl (C=O) groups is 6. The van der Waals surface area contributed by atoms with E-state index in [9.17, 15) is 28.8 Å². The number of hydrogen-bond donors (Lipinski definition) is 3. The Hall–Kier alpha value is -5.54. The summed E-state index contributed by atoms with van der Waals surface area (Å²) in [5, 5.41) is 18.5. The van der Waals surface area contributed by atoms with Crippen LogP contribution in [0.4, 0.5) is 0 Å². The summed E-state index contributed by atoms with van der Waals surface area (Å²) in [4.78, 5) is 83.0. The molecule has 2 aliphatic heterocycles. The Morgan fingerprint density at radius 3 is 2.38 bits per heavy atom. The van der Waals surface area contributed by atoms with Crippen LogP contribution in [0.1, 0.15) is 111 Å². The number of Topliss-reactive ketones (excluding diaryl/α,β-unsaturated/α-hetero) is 2. The number of aliphatic imine (C=N–C) groups is 1. The number of thiophene rings is 1. The Bertz CT molecular complexity index is 2330. The van der Waals surface area contributed by atoms with Crippen LogP contribution in [0.15, 0.2) is 47.5 Å². The van der Waals surface area contributed by atoms with Gasteiger partial charge in [-0.2, -0.15) is 0 Å². The summed E-state index contributed by atoms with van der Waals surface area (Å²) in [6.07, 6.45) is 2.46. The lowest BCUT2D eigenvalue weighted by Crippen LogP contribution is -2.41. The van der Waals surface area contributed by atoms with Crippen LogP contribution in [-0.2, 0) is 19.2 Å². The Morgan fingerprint density at radius 2 is 1.64 bits per heavy atom. The fourth-order valence-corrected chi connectivity index (χ4v) is 9.08. The maximum Gasteiger partial charge on any atom is 0.257 e. The molecule has 4 aromatic rings. The van der Waals surface area contributed by atoms with E-state index in [-0.39, 0.29) is 84.9 Å². The topological polar surface area (TPSA) is 191 Å². The number of ether oxygens (including phenoxy) is 1. The molecule has 3 atom stereocenters. The fourth-order valence-electron chi connectivity index (χ4n) is 7.74. The maximum absolute atomic E-state index is 13.6. The molecular formula is C42H44ClN7O7S. The summed E-state index contributed by atoms with van der Waals surface area (Å²) in [7, 11) is 0. The predicted octanol–water partition coefficient (Wildman–Crippen LogP) is 5.50. The molecule has 1 aliphatic carbocycles. The van der Waals surface area contributed by atoms with Crippen molar-refractivity contribution in [3.05, 3.63) is 91.8 Å². The highest BCUT2D eigenvalue weighted by molar-refractivity contribution is 7.15. The molecule has 0 bridgehead atoms. The summed E-state index contributed by atoms with van der Waals surface area (Å²) in [5.74, 6) is -1.38. The summed E-state index contributed by atoms with van der Waals surface area (Å²) in [5.41, 5.74) is 4.12. The molecule has 302 valence electrons. The van der Waals surface area contributed by atoms with E-state index < -0.39 is 23.8 Å². The number of imide groups is 1. The van der Waals surface area contributed by atoms with Crippen molar-refractivity contribution in [1.82, 2.24) is 30.7 Å². The molecule has 0 spiro atoms. The monoisotopic (exact) mass is 825 g/mol. The van der Waals surface area contributed by atoms with Crippen molar-refractivity contribution < 1.29 is 33.5 Å². The van der Waals surface area contributed by atoms with Crippen LogP contribution in [0.3, 0.4) is 0 Å². The first kappa shape index (κ1) is 40.6. The number of piperidine rings is 1. The van der Waals surface area contributed by atoms with Crippen molar-refractivity contribution in [1.29, 1.82) is 0 Å². The lowest BCUT2D eigenvalue weighted by Gasteiger charge is -2.24. The van der Waals surface area contributed by atoms with Gasteiger partial charge in [-0.1, -0.05) is 35.9 Å². The van der Waals surface area contributed by atoms with Crippen molar-refractivity contribution in [3.8, 4) is 10.8 Å². The number of aromatic nitrogens is 3. The van der Waals surface area contributed by atoms with Crippen molar-refractivity contribution in [2.24, 2.45) is 16.8 Å². The van der Waals surface area contributed by atoms with E-state index in [2.05, 4.69) is 40.0 Å². The van der Waals surface area contributed by atoms with E-state index in [1.54, 1.807) is 29.5 Å². The van der Waals surface area contributed by atoms with Gasteiger partial charge >= 0.3 is 0 Å². The van der Waals surface area contributed by atoms with E-state index in [0.29, 0.717) is 49.0 Å². The number of fused-ring (bicyclic) bond motifs is 4. The van der Waals surface area contributed by atoms with E-state index in [1.165, 1.54) is 0 Å². The van der Waals surface area contributed by atoms with Crippen LogP contribution < -0.4 is 20.7 Å². The van der Waals surface area contributed by atoms with Crippen molar-refractivity contribution in [2.75, 3.05) is 19.7 Å². The average molecular weight is 826 g/mol. The van der Waals surface area contributed by atoms with Crippen molar-refractivity contribution in [3.63, 3.8) is 0 Å². The first-order chi connectivity index (χ1) is 27.9. The minimum Gasteiger partial charge on any atom is -0.483 e. The number of ketones is 2. The van der Waals surface area contributed by atoms with Crippen LogP contribution in [0.25, 0.3) is 5.00 Å². The van der Waals surface area contributed by atoms with Gasteiger partial charge in [0.15, 0.2) is 24.0 Å². The van der Waals surface area contributed by atoms with E-state index in [0.717, 1.165) is 32.3 Å². The maximum atomic E-state index is 13.6. The summed E-state index contributed by atoms with van der Waals surface area (Å²) in [6, 6.07) is 11.7. The summed E-state index contributed by atoms with van der Waals surface area (Å²) >= 11 is 7.86. The zero-order valence-electron chi connectivity index (χ0n) is 32.5. The number of amides is 4. The first-order valence-corrected chi connectivity index (χ1v) is 20.7. The van der Waals surface area contributed by atoms with Crippen LogP contribution in [0, 0.1) is 32.6 Å². The molecule has 1 saturated heterocycles. The van der Waals surface area contributed by atoms with Gasteiger partial charge in [-0.15, -0.1) is 21.5 Å². The smallest absolute Gasteiger partial charge is 0.257 e. The largest absolute Gasteiger partial charge is 0.483 e. The van der Waals surface area contributed by atoms with E-state index in [4.69, 9.17) is 21.3 Å². The molecule has 3 aliphatic rings. The summed E-state index contributed by atoms with van der Waals surface area (Å²) < 4.78 is 7.77. The molecule has 7 rings (SSSR count). The van der Waals surface area contributed by atoms with Crippen molar-refractivity contribution in [2.45, 2.75) is 78.2 Å². The molecule has 2 aromatic heterocycles. The zero-order valence-corrected chi connectivity index (χ0v) is 34.1. The van der Waals surface area contributed by atoms with E-state index in [1.807, 2.05) is 35.8 Å². The van der Waals surface area contributed by atoms with Crippen molar-refractivity contribution >= 4 is 63.8 Å². The minimum atomic E-state index is -0.585. The first-order valence-electron chi connectivity index (χ1n) is 19.5. The molecule has 4 amide bonds. The van der Waals surface area contributed by atoms with Gasteiger partial charge < -0.3 is 15.4 Å². The fraction of sp³-hybridized carbons (Fsp3) is 0.405. The molecule has 0 radical (unpaired) electrons. The second-order valence-electron chi connectivity index (χ2n) is 14.9. The molecule has 2 aromatic carbocycles. The number of benzene rings is 2. The Labute approximate surface area is 344 Å². The van der Waals surface area contributed by atoms with Gasteiger partial charge in [0.2, 0.25) is 17.7 Å². The lowest BCUT2D eigenvalue weighted by atomic mass is 9.83. The number of carbonyl (C=O) groups excluding carboxylic acids is 6.